The molecule has 0 radical (unpaired) electrons. The first-order chi connectivity index (χ1) is 10.8. The number of hydrogen-bond donors (Lipinski definition) is 2. The Kier molecular flexibility index (Phi) is 6.19. The lowest BCUT2D eigenvalue weighted by atomic mass is 9.86. The fraction of sp³-hybridized carbons (Fsp3) is 0.647. The number of nitrogens with zero attached hydrogens (tertiary/aromatic N) is 1. The first-order valence-electron chi connectivity index (χ1n) is 8.24. The molecule has 0 aliphatic heterocycles. The molecular weight excluding hydrogens is 312 g/mol. The van der Waals surface area contributed by atoms with E-state index < -0.39 is 10.0 Å². The molecule has 1 aliphatic rings. The summed E-state index contributed by atoms with van der Waals surface area (Å²) in [4.78, 5) is 0.321. The van der Waals surface area contributed by atoms with E-state index in [4.69, 9.17) is 0 Å². The van der Waals surface area contributed by atoms with Gasteiger partial charge in [0.2, 0.25) is 10.0 Å². The first-order valence-corrected chi connectivity index (χ1v) is 9.68. The van der Waals surface area contributed by atoms with Crippen molar-refractivity contribution >= 4 is 10.0 Å². The third-order valence-electron chi connectivity index (χ3n) is 4.75. The Morgan fingerprint density at radius 2 is 1.74 bits per heavy atom. The van der Waals surface area contributed by atoms with Gasteiger partial charge in [0.15, 0.2) is 0 Å². The van der Waals surface area contributed by atoms with Crippen molar-refractivity contribution in [3.05, 3.63) is 29.8 Å². The lowest BCUT2D eigenvalue weighted by Gasteiger charge is -2.30. The van der Waals surface area contributed by atoms with Crippen LogP contribution in [0.3, 0.4) is 0 Å². The highest BCUT2D eigenvalue weighted by molar-refractivity contribution is 7.89. The predicted molar refractivity (Wildman–Crippen MR) is 91.7 cm³/mol. The van der Waals surface area contributed by atoms with Crippen LogP contribution >= 0.6 is 0 Å². The van der Waals surface area contributed by atoms with Gasteiger partial charge in [-0.2, -0.15) is 0 Å². The summed E-state index contributed by atoms with van der Waals surface area (Å²) >= 11 is 0. The van der Waals surface area contributed by atoms with Crippen LogP contribution in [-0.2, 0) is 10.0 Å². The molecule has 1 aromatic carbocycles. The second-order valence-electron chi connectivity index (χ2n) is 6.65. The maximum atomic E-state index is 12.1. The summed E-state index contributed by atoms with van der Waals surface area (Å²) < 4.78 is 25.4. The second-order valence-corrected chi connectivity index (χ2v) is 8.80. The molecule has 1 fully saturated rings. The molecule has 0 heterocycles. The molecule has 2 N–H and O–H groups in total. The molecule has 23 heavy (non-hydrogen) atoms. The van der Waals surface area contributed by atoms with Crippen molar-refractivity contribution in [3.8, 4) is 0 Å². The van der Waals surface area contributed by atoms with Gasteiger partial charge in [-0.05, 0) is 56.2 Å². The summed E-state index contributed by atoms with van der Waals surface area (Å²) in [7, 11) is -0.291. The molecule has 6 heteroatoms. The van der Waals surface area contributed by atoms with E-state index >= 15 is 0 Å². The minimum absolute atomic E-state index is 0.182. The molecule has 1 aliphatic carbocycles. The fourth-order valence-electron chi connectivity index (χ4n) is 3.10. The Morgan fingerprint density at radius 1 is 1.17 bits per heavy atom. The lowest BCUT2D eigenvalue weighted by molar-refractivity contribution is 0.172. The third kappa shape index (κ3) is 4.53. The van der Waals surface area contributed by atoms with Crippen LogP contribution in [0.25, 0.3) is 0 Å². The van der Waals surface area contributed by atoms with Crippen molar-refractivity contribution in [3.63, 3.8) is 0 Å². The van der Waals surface area contributed by atoms with Gasteiger partial charge in [-0.1, -0.05) is 12.1 Å². The molecule has 5 nitrogen and oxygen atoms in total. The van der Waals surface area contributed by atoms with Crippen molar-refractivity contribution in [1.29, 1.82) is 0 Å². The molecule has 1 aromatic rings. The maximum Gasteiger partial charge on any atom is 0.242 e. The van der Waals surface area contributed by atoms with Crippen molar-refractivity contribution < 1.29 is 13.5 Å². The normalized spacial score (nSPS) is 23.9. The minimum Gasteiger partial charge on any atom is -0.396 e. The van der Waals surface area contributed by atoms with Crippen molar-refractivity contribution in [1.82, 2.24) is 9.62 Å². The first kappa shape index (κ1) is 18.4. The predicted octanol–water partition coefficient (Wildman–Crippen LogP) is 2.14. The molecule has 0 spiro atoms. The number of aliphatic hydroxyl groups excluding tert-OH is 1. The number of sulfonamides is 1. The van der Waals surface area contributed by atoms with Gasteiger partial charge in [-0.3, -0.25) is 0 Å². The Hall–Kier alpha value is -0.950. The number of rotatable bonds is 6. The zero-order chi connectivity index (χ0) is 17.0. The van der Waals surface area contributed by atoms with Gasteiger partial charge in [-0.25, -0.2) is 12.7 Å². The molecule has 1 saturated carbocycles. The summed E-state index contributed by atoms with van der Waals surface area (Å²) in [5.74, 6) is 0.457. The van der Waals surface area contributed by atoms with Gasteiger partial charge < -0.3 is 10.4 Å². The van der Waals surface area contributed by atoms with Gasteiger partial charge in [0.05, 0.1) is 4.90 Å². The highest BCUT2D eigenvalue weighted by Crippen LogP contribution is 2.26. The molecule has 0 saturated heterocycles. The van der Waals surface area contributed by atoms with Crippen LogP contribution in [0.5, 0.6) is 0 Å². The molecule has 1 atom stereocenters. The smallest absolute Gasteiger partial charge is 0.242 e. The van der Waals surface area contributed by atoms with Gasteiger partial charge in [0.25, 0.3) is 0 Å². The highest BCUT2D eigenvalue weighted by Gasteiger charge is 2.22. The number of hydrogen-bond acceptors (Lipinski definition) is 4. The van der Waals surface area contributed by atoms with E-state index in [0.29, 0.717) is 23.5 Å². The Bertz CT molecular complexity index is 591. The molecule has 0 amide bonds. The summed E-state index contributed by atoms with van der Waals surface area (Å²) in [5, 5.41) is 12.8. The van der Waals surface area contributed by atoms with Crippen LogP contribution in [0.4, 0.5) is 0 Å². The summed E-state index contributed by atoms with van der Waals surface area (Å²) in [5.41, 5.74) is 1.09. The summed E-state index contributed by atoms with van der Waals surface area (Å²) in [6.45, 7) is 2.40. The van der Waals surface area contributed by atoms with Crippen molar-refractivity contribution in [2.75, 3.05) is 20.7 Å². The highest BCUT2D eigenvalue weighted by atomic mass is 32.2. The van der Waals surface area contributed by atoms with E-state index in [0.717, 1.165) is 31.2 Å². The minimum atomic E-state index is -3.37. The average Bonchev–Trinajstić information content (AvgIpc) is 2.55. The van der Waals surface area contributed by atoms with Crippen LogP contribution in [0.1, 0.15) is 44.2 Å². The van der Waals surface area contributed by atoms with E-state index in [1.54, 1.807) is 12.1 Å². The average molecular weight is 340 g/mol. The SMILES string of the molecule is CC(NC1CCC(CO)CC1)c1ccc(S(=O)(=O)N(C)C)cc1. The van der Waals surface area contributed by atoms with Gasteiger partial charge >= 0.3 is 0 Å². The zero-order valence-corrected chi connectivity index (χ0v) is 15.0. The van der Waals surface area contributed by atoms with E-state index in [9.17, 15) is 13.5 Å². The number of benzene rings is 1. The Balaban J connectivity index is 1.97. The molecule has 1 unspecified atom stereocenters. The Morgan fingerprint density at radius 3 is 2.22 bits per heavy atom. The van der Waals surface area contributed by atoms with Gasteiger partial charge in [-0.15, -0.1) is 0 Å². The standard InChI is InChI=1S/C17H28N2O3S/c1-13(18-16-8-4-14(12-20)5-9-16)15-6-10-17(11-7-15)23(21,22)19(2)3/h6-7,10-11,13-14,16,18,20H,4-5,8-9,12H2,1-3H3. The van der Waals surface area contributed by atoms with Crippen LogP contribution in [0.2, 0.25) is 0 Å². The van der Waals surface area contributed by atoms with Crippen LogP contribution in [0.15, 0.2) is 29.2 Å². The van der Waals surface area contributed by atoms with E-state index in [-0.39, 0.29) is 6.04 Å². The molecule has 130 valence electrons. The van der Waals surface area contributed by atoms with E-state index in [1.165, 1.54) is 18.4 Å². The second kappa shape index (κ2) is 7.75. The van der Waals surface area contributed by atoms with Gasteiger partial charge in [0.1, 0.15) is 0 Å². The van der Waals surface area contributed by atoms with Crippen LogP contribution in [0, 0.1) is 5.92 Å². The van der Waals surface area contributed by atoms with E-state index in [2.05, 4.69) is 12.2 Å². The van der Waals surface area contributed by atoms with Gasteiger partial charge in [0, 0.05) is 32.8 Å². The van der Waals surface area contributed by atoms with Crippen molar-refractivity contribution in [2.24, 2.45) is 5.92 Å². The topological polar surface area (TPSA) is 69.6 Å². The van der Waals surface area contributed by atoms with Crippen molar-refractivity contribution in [2.45, 2.75) is 49.6 Å². The quantitative estimate of drug-likeness (QED) is 0.832. The monoisotopic (exact) mass is 340 g/mol. The maximum absolute atomic E-state index is 12.1. The number of nitrogens with one attached hydrogen (secondary N) is 1. The largest absolute Gasteiger partial charge is 0.396 e. The molecule has 0 bridgehead atoms. The zero-order valence-electron chi connectivity index (χ0n) is 14.2. The molecule has 2 rings (SSSR count). The van der Waals surface area contributed by atoms with Crippen LogP contribution < -0.4 is 5.32 Å². The Labute approximate surface area is 139 Å². The summed E-state index contributed by atoms with van der Waals surface area (Å²) in [6.07, 6.45) is 4.31. The van der Waals surface area contributed by atoms with E-state index in [1.807, 2.05) is 12.1 Å². The summed E-state index contributed by atoms with van der Waals surface area (Å²) in [6, 6.07) is 7.76. The fourth-order valence-corrected chi connectivity index (χ4v) is 4.00. The molecule has 0 aromatic heterocycles. The lowest BCUT2D eigenvalue weighted by Crippen LogP contribution is -2.35. The third-order valence-corrected chi connectivity index (χ3v) is 6.58. The number of aliphatic hydroxyl groups is 1. The molecular formula is C17H28N2O3S. The van der Waals surface area contributed by atoms with Crippen LogP contribution in [-0.4, -0.2) is 44.6 Å².